The van der Waals surface area contributed by atoms with Crippen LogP contribution in [-0.4, -0.2) is 46.7 Å². The molecule has 0 bridgehead atoms. The van der Waals surface area contributed by atoms with Crippen LogP contribution in [0.3, 0.4) is 0 Å². The fourth-order valence-corrected chi connectivity index (χ4v) is 3.66. The normalized spacial score (nSPS) is 29.9. The van der Waals surface area contributed by atoms with Crippen molar-refractivity contribution < 1.29 is 9.90 Å². The maximum absolute atomic E-state index is 11.0. The molecular formula is C15H28N2O2. The molecule has 2 aliphatic rings. The number of hydrogen-bond acceptors (Lipinski definition) is 3. The summed E-state index contributed by atoms with van der Waals surface area (Å²) < 4.78 is 0. The molecule has 2 rings (SSSR count). The van der Waals surface area contributed by atoms with Crippen LogP contribution in [0.2, 0.25) is 0 Å². The molecule has 4 heteroatoms. The summed E-state index contributed by atoms with van der Waals surface area (Å²) in [5.74, 6) is -0.694. The van der Waals surface area contributed by atoms with E-state index in [4.69, 9.17) is 5.11 Å². The highest BCUT2D eigenvalue weighted by atomic mass is 16.4. The van der Waals surface area contributed by atoms with Gasteiger partial charge in [-0.25, -0.2) is 0 Å². The van der Waals surface area contributed by atoms with Crippen molar-refractivity contribution in [3.8, 4) is 0 Å². The average Bonchev–Trinajstić information content (AvgIpc) is 2.49. The minimum absolute atomic E-state index is 0.0983. The lowest BCUT2D eigenvalue weighted by molar-refractivity contribution is -0.137. The van der Waals surface area contributed by atoms with E-state index in [1.54, 1.807) is 0 Å². The molecule has 1 saturated carbocycles. The summed E-state index contributed by atoms with van der Waals surface area (Å²) in [5, 5.41) is 12.4. The molecule has 0 aromatic heterocycles. The smallest absolute Gasteiger partial charge is 0.304 e. The summed E-state index contributed by atoms with van der Waals surface area (Å²) in [4.78, 5) is 13.6. The summed E-state index contributed by atoms with van der Waals surface area (Å²) in [7, 11) is 0. The monoisotopic (exact) mass is 268 g/mol. The molecule has 0 aromatic carbocycles. The van der Waals surface area contributed by atoms with E-state index in [1.165, 1.54) is 32.1 Å². The third-order valence-electron chi connectivity index (χ3n) is 4.80. The molecule has 1 aliphatic carbocycles. The van der Waals surface area contributed by atoms with E-state index in [0.29, 0.717) is 6.04 Å². The topological polar surface area (TPSA) is 52.6 Å². The number of carboxylic acids is 1. The average molecular weight is 268 g/mol. The predicted octanol–water partition coefficient (Wildman–Crippen LogP) is 2.24. The second-order valence-electron chi connectivity index (χ2n) is 6.76. The van der Waals surface area contributed by atoms with Gasteiger partial charge in [-0.2, -0.15) is 0 Å². The van der Waals surface area contributed by atoms with Gasteiger partial charge in [-0.3, -0.25) is 9.69 Å². The molecule has 1 saturated heterocycles. The van der Waals surface area contributed by atoms with Crippen molar-refractivity contribution in [3.05, 3.63) is 0 Å². The van der Waals surface area contributed by atoms with Gasteiger partial charge < -0.3 is 10.4 Å². The first-order chi connectivity index (χ1) is 8.99. The number of rotatable bonds is 3. The van der Waals surface area contributed by atoms with Crippen molar-refractivity contribution in [1.82, 2.24) is 10.2 Å². The van der Waals surface area contributed by atoms with Crippen molar-refractivity contribution in [3.63, 3.8) is 0 Å². The molecule has 19 heavy (non-hydrogen) atoms. The Bertz CT molecular complexity index is 311. The lowest BCUT2D eigenvalue weighted by Gasteiger charge is -2.45. The summed E-state index contributed by atoms with van der Waals surface area (Å²) in [6.45, 7) is 6.43. The molecule has 0 amide bonds. The highest BCUT2D eigenvalue weighted by Crippen LogP contribution is 2.31. The molecule has 1 aliphatic heterocycles. The van der Waals surface area contributed by atoms with Crippen LogP contribution < -0.4 is 5.32 Å². The fraction of sp³-hybridized carbons (Fsp3) is 0.933. The molecule has 2 N–H and O–H groups in total. The molecule has 0 spiro atoms. The highest BCUT2D eigenvalue weighted by Gasteiger charge is 2.36. The van der Waals surface area contributed by atoms with E-state index in [-0.39, 0.29) is 18.0 Å². The van der Waals surface area contributed by atoms with Crippen molar-refractivity contribution in [1.29, 1.82) is 0 Å². The Morgan fingerprint density at radius 1 is 1.32 bits per heavy atom. The molecule has 1 heterocycles. The Labute approximate surface area is 116 Å². The summed E-state index contributed by atoms with van der Waals surface area (Å²) in [6, 6.07) is 0.751. The molecule has 0 radical (unpaired) electrons. The van der Waals surface area contributed by atoms with Crippen LogP contribution in [0.4, 0.5) is 0 Å². The number of nitrogens with zero attached hydrogens (tertiary/aromatic N) is 1. The Morgan fingerprint density at radius 2 is 2.00 bits per heavy atom. The Kier molecular flexibility index (Phi) is 4.85. The van der Waals surface area contributed by atoms with Gasteiger partial charge in [0.05, 0.1) is 6.42 Å². The third kappa shape index (κ3) is 3.93. The van der Waals surface area contributed by atoms with Gasteiger partial charge in [-0.05, 0) is 39.7 Å². The second kappa shape index (κ2) is 6.23. The van der Waals surface area contributed by atoms with Crippen LogP contribution in [-0.2, 0) is 4.79 Å². The second-order valence-corrected chi connectivity index (χ2v) is 6.76. The van der Waals surface area contributed by atoms with Gasteiger partial charge in [0.25, 0.3) is 0 Å². The number of carbonyl (C=O) groups is 1. The first kappa shape index (κ1) is 14.8. The van der Waals surface area contributed by atoms with Crippen molar-refractivity contribution >= 4 is 5.97 Å². The summed E-state index contributed by atoms with van der Waals surface area (Å²) in [6.07, 6.45) is 7.91. The van der Waals surface area contributed by atoms with Crippen LogP contribution >= 0.6 is 0 Å². The molecule has 4 nitrogen and oxygen atoms in total. The van der Waals surface area contributed by atoms with Crippen molar-refractivity contribution in [2.24, 2.45) is 0 Å². The SMILES string of the molecule is CC1(C)CCNC(CC(=O)O)CN1C1CCCCC1. The molecular weight excluding hydrogens is 240 g/mol. The van der Waals surface area contributed by atoms with E-state index in [9.17, 15) is 4.79 Å². The van der Waals surface area contributed by atoms with E-state index in [1.807, 2.05) is 0 Å². The number of hydrogen-bond donors (Lipinski definition) is 2. The van der Waals surface area contributed by atoms with Gasteiger partial charge >= 0.3 is 5.97 Å². The number of aliphatic carboxylic acids is 1. The zero-order chi connectivity index (χ0) is 13.9. The Morgan fingerprint density at radius 3 is 2.63 bits per heavy atom. The van der Waals surface area contributed by atoms with Gasteiger partial charge in [0.1, 0.15) is 0 Å². The molecule has 0 aromatic rings. The zero-order valence-corrected chi connectivity index (χ0v) is 12.3. The standard InChI is InChI=1S/C15H28N2O2/c1-15(2)8-9-16-12(10-14(18)19)11-17(15)13-6-4-3-5-7-13/h12-13,16H,3-11H2,1-2H3,(H,18,19). The first-order valence-corrected chi connectivity index (χ1v) is 7.71. The van der Waals surface area contributed by atoms with Crippen LogP contribution in [0.15, 0.2) is 0 Å². The maximum atomic E-state index is 11.0. The lowest BCUT2D eigenvalue weighted by atomic mass is 9.88. The predicted molar refractivity (Wildman–Crippen MR) is 76.3 cm³/mol. The van der Waals surface area contributed by atoms with E-state index < -0.39 is 5.97 Å². The quantitative estimate of drug-likeness (QED) is 0.824. The summed E-state index contributed by atoms with van der Waals surface area (Å²) >= 11 is 0. The minimum Gasteiger partial charge on any atom is -0.481 e. The fourth-order valence-electron chi connectivity index (χ4n) is 3.66. The third-order valence-corrected chi connectivity index (χ3v) is 4.80. The van der Waals surface area contributed by atoms with E-state index >= 15 is 0 Å². The van der Waals surface area contributed by atoms with Crippen LogP contribution in [0.1, 0.15) is 58.8 Å². The van der Waals surface area contributed by atoms with E-state index in [2.05, 4.69) is 24.1 Å². The Balaban J connectivity index is 2.07. The maximum Gasteiger partial charge on any atom is 0.304 e. The molecule has 2 fully saturated rings. The Hall–Kier alpha value is -0.610. The molecule has 1 unspecified atom stereocenters. The van der Waals surface area contributed by atoms with Gasteiger partial charge in [0.15, 0.2) is 0 Å². The van der Waals surface area contributed by atoms with E-state index in [0.717, 1.165) is 19.5 Å². The van der Waals surface area contributed by atoms with Crippen LogP contribution in [0.25, 0.3) is 0 Å². The largest absolute Gasteiger partial charge is 0.481 e. The number of nitrogens with one attached hydrogen (secondary N) is 1. The number of carboxylic acid groups (broad SMARTS) is 1. The van der Waals surface area contributed by atoms with Gasteiger partial charge in [-0.1, -0.05) is 19.3 Å². The summed E-state index contributed by atoms with van der Waals surface area (Å²) in [5.41, 5.74) is 0.183. The lowest BCUT2D eigenvalue weighted by Crippen LogP contribution is -2.52. The van der Waals surface area contributed by atoms with Crippen LogP contribution in [0, 0.1) is 0 Å². The zero-order valence-electron chi connectivity index (χ0n) is 12.3. The van der Waals surface area contributed by atoms with Gasteiger partial charge in [0.2, 0.25) is 0 Å². The highest BCUT2D eigenvalue weighted by molar-refractivity contribution is 5.67. The van der Waals surface area contributed by atoms with Crippen molar-refractivity contribution in [2.75, 3.05) is 13.1 Å². The first-order valence-electron chi connectivity index (χ1n) is 7.71. The van der Waals surface area contributed by atoms with Crippen molar-refractivity contribution in [2.45, 2.75) is 76.4 Å². The molecule has 1 atom stereocenters. The minimum atomic E-state index is -0.694. The molecule has 110 valence electrons. The van der Waals surface area contributed by atoms with Gasteiger partial charge in [0, 0.05) is 24.2 Å². The van der Waals surface area contributed by atoms with Gasteiger partial charge in [-0.15, -0.1) is 0 Å². The van der Waals surface area contributed by atoms with Crippen LogP contribution in [0.5, 0.6) is 0 Å².